The molecule has 3 heteroatoms. The molecule has 2 saturated carbocycles. The van der Waals surface area contributed by atoms with Gasteiger partial charge in [-0.15, -0.1) is 0 Å². The van der Waals surface area contributed by atoms with Crippen molar-refractivity contribution in [1.29, 1.82) is 0 Å². The molecule has 2 N–H and O–H groups in total. The molecule has 0 aromatic carbocycles. The Labute approximate surface area is 105 Å². The van der Waals surface area contributed by atoms with Gasteiger partial charge in [0.15, 0.2) is 0 Å². The van der Waals surface area contributed by atoms with Crippen LogP contribution in [-0.2, 0) is 4.74 Å². The minimum absolute atomic E-state index is 0.165. The molecule has 3 rings (SSSR count). The third-order valence-electron chi connectivity index (χ3n) is 5.14. The van der Waals surface area contributed by atoms with Gasteiger partial charge in [-0.3, -0.25) is 4.90 Å². The normalized spacial score (nSPS) is 44.1. The lowest BCUT2D eigenvalue weighted by atomic mass is 9.88. The summed E-state index contributed by atoms with van der Waals surface area (Å²) in [7, 11) is 0. The number of rotatable bonds is 3. The molecule has 1 saturated heterocycles. The molecule has 3 fully saturated rings. The van der Waals surface area contributed by atoms with Crippen molar-refractivity contribution in [3.63, 3.8) is 0 Å². The molecule has 1 heterocycles. The lowest BCUT2D eigenvalue weighted by Crippen LogP contribution is -2.50. The van der Waals surface area contributed by atoms with Crippen molar-refractivity contribution in [1.82, 2.24) is 4.90 Å². The van der Waals surface area contributed by atoms with Gasteiger partial charge in [-0.05, 0) is 43.9 Å². The van der Waals surface area contributed by atoms with Crippen LogP contribution in [-0.4, -0.2) is 43.3 Å². The van der Waals surface area contributed by atoms with Crippen molar-refractivity contribution in [2.45, 2.75) is 44.8 Å². The molecule has 5 atom stereocenters. The molecule has 1 aliphatic heterocycles. The van der Waals surface area contributed by atoms with Crippen LogP contribution in [0, 0.1) is 17.8 Å². The van der Waals surface area contributed by atoms with Crippen molar-refractivity contribution in [2.75, 3.05) is 26.2 Å². The smallest absolute Gasteiger partial charge is 0.0850 e. The van der Waals surface area contributed by atoms with Gasteiger partial charge in [0.1, 0.15) is 0 Å². The van der Waals surface area contributed by atoms with Gasteiger partial charge in [-0.1, -0.05) is 6.42 Å². The third-order valence-corrected chi connectivity index (χ3v) is 5.14. The van der Waals surface area contributed by atoms with Crippen molar-refractivity contribution >= 4 is 0 Å². The highest BCUT2D eigenvalue weighted by Gasteiger charge is 2.40. The highest BCUT2D eigenvalue weighted by molar-refractivity contribution is 4.92. The van der Waals surface area contributed by atoms with Gasteiger partial charge in [0.25, 0.3) is 0 Å². The van der Waals surface area contributed by atoms with Gasteiger partial charge in [0.05, 0.1) is 12.7 Å². The second kappa shape index (κ2) is 4.87. The zero-order valence-corrected chi connectivity index (χ0v) is 11.0. The second-order valence-corrected chi connectivity index (χ2v) is 6.46. The molecule has 0 aromatic heterocycles. The molecule has 0 aromatic rings. The molecular weight excluding hydrogens is 212 g/mol. The third kappa shape index (κ3) is 2.51. The Kier molecular flexibility index (Phi) is 3.42. The first-order chi connectivity index (χ1) is 8.22. The molecular formula is C14H26N2O. The van der Waals surface area contributed by atoms with Crippen molar-refractivity contribution in [3.05, 3.63) is 0 Å². The number of nitrogens with two attached hydrogens (primary N) is 1. The van der Waals surface area contributed by atoms with Crippen LogP contribution in [0.3, 0.4) is 0 Å². The van der Waals surface area contributed by atoms with Gasteiger partial charge in [0, 0.05) is 25.7 Å². The van der Waals surface area contributed by atoms with E-state index < -0.39 is 0 Å². The first kappa shape index (κ1) is 11.9. The van der Waals surface area contributed by atoms with Gasteiger partial charge in [-0.2, -0.15) is 0 Å². The summed E-state index contributed by atoms with van der Waals surface area (Å²) in [6.07, 6.45) is 6.27. The van der Waals surface area contributed by atoms with Crippen LogP contribution in [0.2, 0.25) is 0 Å². The average molecular weight is 238 g/mol. The predicted octanol–water partition coefficient (Wildman–Crippen LogP) is 1.47. The molecule has 17 heavy (non-hydrogen) atoms. The van der Waals surface area contributed by atoms with E-state index in [-0.39, 0.29) is 12.1 Å². The summed E-state index contributed by atoms with van der Waals surface area (Å²) in [4.78, 5) is 2.60. The van der Waals surface area contributed by atoms with E-state index >= 15 is 0 Å². The fraction of sp³-hybridized carbons (Fsp3) is 1.00. The lowest BCUT2D eigenvalue weighted by Gasteiger charge is -2.37. The molecule has 3 nitrogen and oxygen atoms in total. The molecule has 0 spiro atoms. The highest BCUT2D eigenvalue weighted by atomic mass is 16.5. The van der Waals surface area contributed by atoms with E-state index in [9.17, 15) is 0 Å². The topological polar surface area (TPSA) is 38.5 Å². The van der Waals surface area contributed by atoms with Gasteiger partial charge >= 0.3 is 0 Å². The number of fused-ring (bicyclic) bond motifs is 2. The van der Waals surface area contributed by atoms with Crippen LogP contribution < -0.4 is 5.73 Å². The first-order valence-electron chi connectivity index (χ1n) is 7.32. The highest BCUT2D eigenvalue weighted by Crippen LogP contribution is 2.48. The molecule has 2 aliphatic carbocycles. The molecule has 0 amide bonds. The number of nitrogens with zero attached hydrogens (tertiary/aromatic N) is 1. The van der Waals surface area contributed by atoms with Crippen LogP contribution in [0.25, 0.3) is 0 Å². The second-order valence-electron chi connectivity index (χ2n) is 6.46. The van der Waals surface area contributed by atoms with E-state index in [1.807, 2.05) is 0 Å². The molecule has 98 valence electrons. The van der Waals surface area contributed by atoms with E-state index in [1.54, 1.807) is 0 Å². The summed E-state index contributed by atoms with van der Waals surface area (Å²) in [6.45, 7) is 6.38. The van der Waals surface area contributed by atoms with Crippen LogP contribution in [0.5, 0.6) is 0 Å². The summed E-state index contributed by atoms with van der Waals surface area (Å²) in [5.41, 5.74) is 5.95. The van der Waals surface area contributed by atoms with E-state index in [4.69, 9.17) is 10.5 Å². The fourth-order valence-corrected chi connectivity index (χ4v) is 4.15. The van der Waals surface area contributed by atoms with Crippen LogP contribution >= 0.6 is 0 Å². The molecule has 0 radical (unpaired) electrons. The van der Waals surface area contributed by atoms with E-state index in [2.05, 4.69) is 11.8 Å². The fourth-order valence-electron chi connectivity index (χ4n) is 4.15. The largest absolute Gasteiger partial charge is 0.374 e. The Hall–Kier alpha value is -0.120. The maximum Gasteiger partial charge on any atom is 0.0850 e. The van der Waals surface area contributed by atoms with Crippen LogP contribution in [0.15, 0.2) is 0 Å². The number of ether oxygens (including phenoxy) is 1. The summed E-state index contributed by atoms with van der Waals surface area (Å²) in [5.74, 6) is 3.08. The maximum atomic E-state index is 5.95. The quantitative estimate of drug-likeness (QED) is 0.809. The number of hydrogen-bond acceptors (Lipinski definition) is 3. The zero-order valence-electron chi connectivity index (χ0n) is 11.0. The Balaban J connectivity index is 1.51. The Bertz CT molecular complexity index is 269. The molecule has 2 bridgehead atoms. The van der Waals surface area contributed by atoms with E-state index in [0.29, 0.717) is 0 Å². The first-order valence-corrected chi connectivity index (χ1v) is 7.32. The van der Waals surface area contributed by atoms with Crippen molar-refractivity contribution in [3.8, 4) is 0 Å². The Morgan fingerprint density at radius 3 is 2.88 bits per heavy atom. The number of hydrogen-bond donors (Lipinski definition) is 1. The van der Waals surface area contributed by atoms with Crippen molar-refractivity contribution < 1.29 is 4.74 Å². The average Bonchev–Trinajstić information content (AvgIpc) is 2.91. The lowest BCUT2D eigenvalue weighted by molar-refractivity contribution is -0.0438. The zero-order chi connectivity index (χ0) is 11.8. The minimum Gasteiger partial charge on any atom is -0.374 e. The van der Waals surface area contributed by atoms with E-state index in [1.165, 1.54) is 32.2 Å². The summed E-state index contributed by atoms with van der Waals surface area (Å²) < 4.78 is 5.73. The number of morpholine rings is 1. The van der Waals surface area contributed by atoms with Crippen molar-refractivity contribution in [2.24, 2.45) is 23.5 Å². The SMILES string of the molecule is CC(N)C1CN(CC2CC3CCC2C3)CCO1. The Morgan fingerprint density at radius 2 is 2.24 bits per heavy atom. The van der Waals surface area contributed by atoms with Gasteiger partial charge in [-0.25, -0.2) is 0 Å². The maximum absolute atomic E-state index is 5.95. The summed E-state index contributed by atoms with van der Waals surface area (Å²) in [6, 6.07) is 0.165. The minimum atomic E-state index is 0.165. The Morgan fingerprint density at radius 1 is 1.35 bits per heavy atom. The monoisotopic (exact) mass is 238 g/mol. The standard InChI is InChI=1S/C14H26N2O/c1-10(15)14-9-16(4-5-17-14)8-13-7-11-2-3-12(13)6-11/h10-14H,2-9,15H2,1H3. The summed E-state index contributed by atoms with van der Waals surface area (Å²) in [5, 5.41) is 0. The molecule has 5 unspecified atom stereocenters. The van der Waals surface area contributed by atoms with E-state index in [0.717, 1.165) is 37.5 Å². The van der Waals surface area contributed by atoms with Gasteiger partial charge in [0.2, 0.25) is 0 Å². The summed E-state index contributed by atoms with van der Waals surface area (Å²) >= 11 is 0. The van der Waals surface area contributed by atoms with Crippen LogP contribution in [0.4, 0.5) is 0 Å². The van der Waals surface area contributed by atoms with Gasteiger partial charge < -0.3 is 10.5 Å². The molecule has 3 aliphatic rings. The van der Waals surface area contributed by atoms with Crippen LogP contribution in [0.1, 0.15) is 32.6 Å². The predicted molar refractivity (Wildman–Crippen MR) is 68.8 cm³/mol.